The number of rotatable bonds is 5. The predicted octanol–water partition coefficient (Wildman–Crippen LogP) is 2.26. The summed E-state index contributed by atoms with van der Waals surface area (Å²) in [6.45, 7) is 3.43. The van der Waals surface area contributed by atoms with Crippen LogP contribution in [-0.2, 0) is 17.8 Å². The molecule has 0 aromatic carbocycles. The number of nitrogens with zero attached hydrogens (tertiary/aromatic N) is 5. The molecule has 1 amide bonds. The van der Waals surface area contributed by atoms with E-state index in [1.54, 1.807) is 6.20 Å². The lowest BCUT2D eigenvalue weighted by Gasteiger charge is -2.30. The van der Waals surface area contributed by atoms with Gasteiger partial charge in [-0.3, -0.25) is 9.78 Å². The molecule has 0 N–H and O–H groups in total. The SMILES string of the molecule is CN1CCC(Cc2noc([C@@H]3CCC(=O)N(Cc4ccccn4)C3)n2)CC1. The van der Waals surface area contributed by atoms with E-state index in [0.29, 0.717) is 31.3 Å². The van der Waals surface area contributed by atoms with E-state index in [2.05, 4.69) is 27.1 Å². The highest BCUT2D eigenvalue weighted by Crippen LogP contribution is 2.28. The molecular weight excluding hydrogens is 342 g/mol. The average Bonchev–Trinajstić information content (AvgIpc) is 3.15. The molecule has 2 fully saturated rings. The fourth-order valence-electron chi connectivity index (χ4n) is 4.00. The van der Waals surface area contributed by atoms with Crippen molar-refractivity contribution in [2.75, 3.05) is 26.7 Å². The maximum atomic E-state index is 12.3. The molecular formula is C20H27N5O2. The summed E-state index contributed by atoms with van der Waals surface area (Å²) in [6, 6.07) is 5.78. The number of carbonyl (C=O) groups excluding carboxylic acids is 1. The Morgan fingerprint density at radius 1 is 1.22 bits per heavy atom. The molecule has 4 heterocycles. The summed E-state index contributed by atoms with van der Waals surface area (Å²) in [4.78, 5) is 25.5. The molecule has 0 bridgehead atoms. The zero-order valence-electron chi connectivity index (χ0n) is 15.9. The second kappa shape index (κ2) is 8.17. The number of pyridine rings is 1. The lowest BCUT2D eigenvalue weighted by atomic mass is 9.93. The van der Waals surface area contributed by atoms with Gasteiger partial charge in [0.1, 0.15) is 0 Å². The van der Waals surface area contributed by atoms with E-state index in [1.807, 2.05) is 23.1 Å². The Morgan fingerprint density at radius 2 is 2.07 bits per heavy atom. The first-order chi connectivity index (χ1) is 13.2. The van der Waals surface area contributed by atoms with Gasteiger partial charge in [-0.05, 0) is 57.5 Å². The van der Waals surface area contributed by atoms with Gasteiger partial charge in [-0.15, -0.1) is 0 Å². The Morgan fingerprint density at radius 3 is 2.85 bits per heavy atom. The molecule has 0 unspecified atom stereocenters. The van der Waals surface area contributed by atoms with E-state index in [0.717, 1.165) is 37.4 Å². The molecule has 2 saturated heterocycles. The first-order valence-corrected chi connectivity index (χ1v) is 9.86. The normalized spacial score (nSPS) is 22.3. The fourth-order valence-corrected chi connectivity index (χ4v) is 4.00. The van der Waals surface area contributed by atoms with Crippen molar-refractivity contribution >= 4 is 5.91 Å². The van der Waals surface area contributed by atoms with Crippen LogP contribution in [-0.4, -0.2) is 57.5 Å². The molecule has 7 nitrogen and oxygen atoms in total. The molecule has 144 valence electrons. The number of carbonyl (C=O) groups is 1. The number of hydrogen-bond acceptors (Lipinski definition) is 6. The lowest BCUT2D eigenvalue weighted by molar-refractivity contribution is -0.134. The van der Waals surface area contributed by atoms with Crippen LogP contribution in [0.4, 0.5) is 0 Å². The number of likely N-dealkylation sites (tertiary alicyclic amines) is 2. The molecule has 2 aliphatic heterocycles. The number of aromatic nitrogens is 3. The summed E-state index contributed by atoms with van der Waals surface area (Å²) in [5.74, 6) is 2.41. The minimum Gasteiger partial charge on any atom is -0.339 e. The Bertz CT molecular complexity index is 755. The third-order valence-electron chi connectivity index (χ3n) is 5.72. The van der Waals surface area contributed by atoms with Gasteiger partial charge in [-0.25, -0.2) is 0 Å². The minimum absolute atomic E-state index is 0.116. The van der Waals surface area contributed by atoms with Gasteiger partial charge < -0.3 is 14.3 Å². The molecule has 1 atom stereocenters. The lowest BCUT2D eigenvalue weighted by Crippen LogP contribution is -2.38. The Labute approximate surface area is 159 Å². The summed E-state index contributed by atoms with van der Waals surface area (Å²) in [7, 11) is 2.17. The van der Waals surface area contributed by atoms with Crippen molar-refractivity contribution in [3.05, 3.63) is 41.8 Å². The van der Waals surface area contributed by atoms with Crippen molar-refractivity contribution in [2.24, 2.45) is 5.92 Å². The first kappa shape index (κ1) is 18.1. The largest absolute Gasteiger partial charge is 0.339 e. The molecule has 27 heavy (non-hydrogen) atoms. The molecule has 2 aromatic rings. The molecule has 0 radical (unpaired) electrons. The van der Waals surface area contributed by atoms with Gasteiger partial charge in [-0.1, -0.05) is 11.2 Å². The van der Waals surface area contributed by atoms with E-state index >= 15 is 0 Å². The topological polar surface area (TPSA) is 75.4 Å². The van der Waals surface area contributed by atoms with Crippen LogP contribution in [0.3, 0.4) is 0 Å². The van der Waals surface area contributed by atoms with Crippen molar-refractivity contribution in [3.8, 4) is 0 Å². The highest BCUT2D eigenvalue weighted by Gasteiger charge is 2.31. The molecule has 4 rings (SSSR count). The fraction of sp³-hybridized carbons (Fsp3) is 0.600. The Kier molecular flexibility index (Phi) is 5.48. The van der Waals surface area contributed by atoms with Gasteiger partial charge in [0.25, 0.3) is 0 Å². The van der Waals surface area contributed by atoms with Crippen LogP contribution >= 0.6 is 0 Å². The quantitative estimate of drug-likeness (QED) is 0.805. The maximum absolute atomic E-state index is 12.3. The van der Waals surface area contributed by atoms with Crippen LogP contribution in [0.2, 0.25) is 0 Å². The summed E-state index contributed by atoms with van der Waals surface area (Å²) in [5, 5.41) is 4.22. The standard InChI is InChI=1S/C20H27N5O2/c1-24-10-7-15(8-11-24)12-18-22-20(27-23-18)16-5-6-19(26)25(13-16)14-17-4-2-3-9-21-17/h2-4,9,15-16H,5-8,10-14H2,1H3/t16-/m1/s1. The zero-order valence-corrected chi connectivity index (χ0v) is 15.9. The van der Waals surface area contributed by atoms with Gasteiger partial charge in [0, 0.05) is 25.6 Å². The molecule has 2 aliphatic rings. The van der Waals surface area contributed by atoms with Gasteiger partial charge in [0.15, 0.2) is 5.82 Å². The smallest absolute Gasteiger partial charge is 0.231 e. The monoisotopic (exact) mass is 369 g/mol. The second-order valence-electron chi connectivity index (χ2n) is 7.83. The van der Waals surface area contributed by atoms with Crippen molar-refractivity contribution in [1.82, 2.24) is 24.9 Å². The molecule has 0 spiro atoms. The molecule has 7 heteroatoms. The van der Waals surface area contributed by atoms with Crippen molar-refractivity contribution < 1.29 is 9.32 Å². The molecule has 0 aliphatic carbocycles. The third kappa shape index (κ3) is 4.53. The van der Waals surface area contributed by atoms with Gasteiger partial charge in [0.2, 0.25) is 11.8 Å². The van der Waals surface area contributed by atoms with E-state index in [9.17, 15) is 4.79 Å². The first-order valence-electron chi connectivity index (χ1n) is 9.86. The van der Waals surface area contributed by atoms with Gasteiger partial charge >= 0.3 is 0 Å². The molecule has 2 aromatic heterocycles. The Balaban J connectivity index is 1.37. The van der Waals surface area contributed by atoms with E-state index in [4.69, 9.17) is 4.52 Å². The van der Waals surface area contributed by atoms with Crippen LogP contribution in [0.1, 0.15) is 49.0 Å². The minimum atomic E-state index is 0.116. The maximum Gasteiger partial charge on any atom is 0.231 e. The van der Waals surface area contributed by atoms with Crippen LogP contribution in [0, 0.1) is 5.92 Å². The summed E-state index contributed by atoms with van der Waals surface area (Å²) in [5.41, 5.74) is 0.903. The van der Waals surface area contributed by atoms with Crippen LogP contribution < -0.4 is 0 Å². The highest BCUT2D eigenvalue weighted by atomic mass is 16.5. The average molecular weight is 369 g/mol. The molecule has 0 saturated carbocycles. The van der Waals surface area contributed by atoms with E-state index in [-0.39, 0.29) is 11.8 Å². The van der Waals surface area contributed by atoms with Crippen molar-refractivity contribution in [3.63, 3.8) is 0 Å². The van der Waals surface area contributed by atoms with Crippen molar-refractivity contribution in [1.29, 1.82) is 0 Å². The Hall–Kier alpha value is -2.28. The number of hydrogen-bond donors (Lipinski definition) is 0. The van der Waals surface area contributed by atoms with Gasteiger partial charge in [0.05, 0.1) is 18.2 Å². The van der Waals surface area contributed by atoms with E-state index in [1.165, 1.54) is 12.8 Å². The number of amides is 1. The summed E-state index contributed by atoms with van der Waals surface area (Å²) in [6.07, 6.45) is 6.32. The summed E-state index contributed by atoms with van der Waals surface area (Å²) >= 11 is 0. The van der Waals surface area contributed by atoms with Crippen LogP contribution in [0.5, 0.6) is 0 Å². The van der Waals surface area contributed by atoms with E-state index < -0.39 is 0 Å². The predicted molar refractivity (Wildman–Crippen MR) is 99.9 cm³/mol. The number of piperidine rings is 2. The zero-order chi connectivity index (χ0) is 18.6. The van der Waals surface area contributed by atoms with Gasteiger partial charge in [-0.2, -0.15) is 4.98 Å². The van der Waals surface area contributed by atoms with Crippen molar-refractivity contribution in [2.45, 2.75) is 44.6 Å². The van der Waals surface area contributed by atoms with Crippen LogP contribution in [0.25, 0.3) is 0 Å². The highest BCUT2D eigenvalue weighted by molar-refractivity contribution is 5.77. The summed E-state index contributed by atoms with van der Waals surface area (Å²) < 4.78 is 5.58. The third-order valence-corrected chi connectivity index (χ3v) is 5.72. The second-order valence-corrected chi connectivity index (χ2v) is 7.83. The van der Waals surface area contributed by atoms with Crippen LogP contribution in [0.15, 0.2) is 28.9 Å².